The summed E-state index contributed by atoms with van der Waals surface area (Å²) in [6.07, 6.45) is 2.87. The predicted octanol–water partition coefficient (Wildman–Crippen LogP) is 3.60. The number of nitrogens with one attached hydrogen (secondary N) is 2. The van der Waals surface area contributed by atoms with Crippen LogP contribution in [0.3, 0.4) is 0 Å². The molecule has 0 radical (unpaired) electrons. The number of aromatic amines is 1. The molecule has 0 aliphatic carbocycles. The lowest BCUT2D eigenvalue weighted by Gasteiger charge is -2.19. The third-order valence-electron chi connectivity index (χ3n) is 5.21. The second-order valence-corrected chi connectivity index (χ2v) is 10.4. The SMILES string of the molecule is COP(=O)(c1cc(C)cc(F)c1)c1c(C(=O)NCc2cc[n+](O)cc2)[nH]c2ccc(Cl)cc12. The zero-order valence-corrected chi connectivity index (χ0v) is 19.5. The Morgan fingerprint density at radius 2 is 1.94 bits per heavy atom. The first kappa shape index (κ1) is 23.0. The Kier molecular flexibility index (Phi) is 6.26. The molecule has 1 unspecified atom stereocenters. The molecule has 0 spiro atoms. The molecule has 0 saturated heterocycles. The van der Waals surface area contributed by atoms with Gasteiger partial charge >= 0.3 is 0 Å². The average Bonchev–Trinajstić information content (AvgIpc) is 3.16. The van der Waals surface area contributed by atoms with Crippen molar-refractivity contribution in [3.05, 3.63) is 88.6 Å². The van der Waals surface area contributed by atoms with Crippen LogP contribution in [-0.2, 0) is 15.6 Å². The van der Waals surface area contributed by atoms with E-state index in [0.717, 1.165) is 16.4 Å². The Bertz CT molecular complexity index is 1380. The van der Waals surface area contributed by atoms with Crippen LogP contribution in [-0.4, -0.2) is 23.2 Å². The van der Waals surface area contributed by atoms with Gasteiger partial charge in [0.2, 0.25) is 12.4 Å². The molecular formula is C23H21ClFN3O4P+. The molecule has 2 aromatic carbocycles. The Hall–Kier alpha value is -3.19. The van der Waals surface area contributed by atoms with Gasteiger partial charge in [0.15, 0.2) is 0 Å². The molecule has 33 heavy (non-hydrogen) atoms. The van der Waals surface area contributed by atoms with Crippen LogP contribution < -0.4 is 20.7 Å². The fraction of sp³-hybridized carbons (Fsp3) is 0.130. The van der Waals surface area contributed by atoms with Crippen LogP contribution >= 0.6 is 19.0 Å². The number of pyridine rings is 1. The summed E-state index contributed by atoms with van der Waals surface area (Å²) in [6.45, 7) is 1.84. The molecule has 7 nitrogen and oxygen atoms in total. The van der Waals surface area contributed by atoms with E-state index in [-0.39, 0.29) is 22.8 Å². The maximum atomic E-state index is 14.3. The van der Waals surface area contributed by atoms with Crippen molar-refractivity contribution in [2.24, 2.45) is 0 Å². The number of hydrogen-bond acceptors (Lipinski definition) is 4. The van der Waals surface area contributed by atoms with Gasteiger partial charge in [0, 0.05) is 51.7 Å². The molecule has 1 atom stereocenters. The number of carbonyl (C=O) groups is 1. The molecular weight excluding hydrogens is 468 g/mol. The van der Waals surface area contributed by atoms with Crippen molar-refractivity contribution < 1.29 is 28.2 Å². The number of benzene rings is 2. The first-order valence-electron chi connectivity index (χ1n) is 9.94. The smallest absolute Gasteiger partial charge is 0.268 e. The van der Waals surface area contributed by atoms with Crippen molar-refractivity contribution in [3.63, 3.8) is 0 Å². The highest BCUT2D eigenvalue weighted by atomic mass is 35.5. The molecule has 0 saturated carbocycles. The molecule has 0 fully saturated rings. The fourth-order valence-corrected chi connectivity index (χ4v) is 6.12. The van der Waals surface area contributed by atoms with Crippen molar-refractivity contribution >= 4 is 46.4 Å². The lowest BCUT2D eigenvalue weighted by atomic mass is 10.2. The van der Waals surface area contributed by atoms with Gasteiger partial charge in [-0.2, -0.15) is 0 Å². The Morgan fingerprint density at radius 1 is 1.21 bits per heavy atom. The second kappa shape index (κ2) is 8.98. The van der Waals surface area contributed by atoms with E-state index in [4.69, 9.17) is 16.1 Å². The van der Waals surface area contributed by atoms with Crippen LogP contribution in [0.15, 0.2) is 60.9 Å². The van der Waals surface area contributed by atoms with Gasteiger partial charge in [0.05, 0.1) is 5.30 Å². The van der Waals surface area contributed by atoms with Crippen LogP contribution in [0.25, 0.3) is 10.9 Å². The van der Waals surface area contributed by atoms with Gasteiger partial charge in [-0.05, 0) is 54.4 Å². The summed E-state index contributed by atoms with van der Waals surface area (Å²) >= 11 is 6.20. The molecule has 0 aliphatic rings. The topological polar surface area (TPSA) is 95.3 Å². The molecule has 4 rings (SSSR count). The quantitative estimate of drug-likeness (QED) is 0.219. The highest BCUT2D eigenvalue weighted by molar-refractivity contribution is 7.75. The normalized spacial score (nSPS) is 13.1. The van der Waals surface area contributed by atoms with Crippen LogP contribution in [0.5, 0.6) is 0 Å². The van der Waals surface area contributed by atoms with E-state index in [1.54, 1.807) is 43.3 Å². The molecule has 2 heterocycles. The zero-order chi connectivity index (χ0) is 23.8. The second-order valence-electron chi connectivity index (χ2n) is 7.53. The highest BCUT2D eigenvalue weighted by Crippen LogP contribution is 2.47. The van der Waals surface area contributed by atoms with E-state index in [1.807, 2.05) is 0 Å². The Balaban J connectivity index is 1.84. The predicted molar refractivity (Wildman–Crippen MR) is 123 cm³/mol. The number of aryl methyl sites for hydroxylation is 1. The van der Waals surface area contributed by atoms with Gasteiger partial charge in [0.25, 0.3) is 13.3 Å². The van der Waals surface area contributed by atoms with E-state index in [0.29, 0.717) is 21.5 Å². The van der Waals surface area contributed by atoms with Crippen LogP contribution in [0.2, 0.25) is 5.02 Å². The van der Waals surface area contributed by atoms with Crippen LogP contribution in [0, 0.1) is 12.7 Å². The number of nitrogens with zero attached hydrogens (tertiary/aromatic N) is 1. The monoisotopic (exact) mass is 488 g/mol. The molecule has 1 amide bonds. The molecule has 0 aliphatic heterocycles. The number of rotatable bonds is 6. The van der Waals surface area contributed by atoms with Gasteiger partial charge in [0.1, 0.15) is 11.5 Å². The summed E-state index contributed by atoms with van der Waals surface area (Å²) in [5.74, 6) is -1.08. The largest absolute Gasteiger partial charge is 0.350 e. The van der Waals surface area contributed by atoms with Crippen molar-refractivity contribution in [1.82, 2.24) is 10.3 Å². The molecule has 0 bridgehead atoms. The number of amides is 1. The lowest BCUT2D eigenvalue weighted by molar-refractivity contribution is -0.904. The van der Waals surface area contributed by atoms with Crippen molar-refractivity contribution in [3.8, 4) is 0 Å². The minimum absolute atomic E-state index is 0.0347. The molecule has 10 heteroatoms. The number of hydrogen-bond donors (Lipinski definition) is 3. The molecule has 3 N–H and O–H groups in total. The van der Waals surface area contributed by atoms with Gasteiger partial charge in [-0.1, -0.05) is 11.6 Å². The highest BCUT2D eigenvalue weighted by Gasteiger charge is 2.36. The summed E-state index contributed by atoms with van der Waals surface area (Å²) in [6, 6.07) is 12.2. The van der Waals surface area contributed by atoms with Crippen LogP contribution in [0.1, 0.15) is 21.6 Å². The number of halogens is 2. The first-order chi connectivity index (χ1) is 15.7. The maximum absolute atomic E-state index is 14.3. The van der Waals surface area contributed by atoms with E-state index < -0.39 is 19.1 Å². The Morgan fingerprint density at radius 3 is 2.61 bits per heavy atom. The number of carbonyl (C=O) groups excluding carboxylic acids is 1. The molecule has 2 aromatic heterocycles. The lowest BCUT2D eigenvalue weighted by Crippen LogP contribution is -2.31. The van der Waals surface area contributed by atoms with Gasteiger partial charge in [-0.15, -0.1) is 0 Å². The first-order valence-corrected chi connectivity index (χ1v) is 11.9. The summed E-state index contributed by atoms with van der Waals surface area (Å²) in [4.78, 5) is 16.2. The van der Waals surface area contributed by atoms with E-state index in [1.165, 1.54) is 25.6 Å². The van der Waals surface area contributed by atoms with Gasteiger partial charge < -0.3 is 14.8 Å². The molecule has 4 aromatic rings. The zero-order valence-electron chi connectivity index (χ0n) is 17.8. The fourth-order valence-electron chi connectivity index (χ4n) is 3.67. The van der Waals surface area contributed by atoms with Crippen molar-refractivity contribution in [2.45, 2.75) is 13.5 Å². The Labute approximate surface area is 194 Å². The van der Waals surface area contributed by atoms with Crippen LogP contribution in [0.4, 0.5) is 4.39 Å². The average molecular weight is 489 g/mol. The van der Waals surface area contributed by atoms with E-state index >= 15 is 0 Å². The summed E-state index contributed by atoms with van der Waals surface area (Å²) < 4.78 is 34.9. The van der Waals surface area contributed by atoms with Crippen molar-refractivity contribution in [1.29, 1.82) is 0 Å². The third-order valence-corrected chi connectivity index (χ3v) is 7.95. The number of fused-ring (bicyclic) bond motifs is 1. The maximum Gasteiger partial charge on any atom is 0.268 e. The third kappa shape index (κ3) is 4.50. The molecule has 170 valence electrons. The summed E-state index contributed by atoms with van der Waals surface area (Å²) in [5.41, 5.74) is 1.87. The summed E-state index contributed by atoms with van der Waals surface area (Å²) in [5, 5.41) is 13.2. The van der Waals surface area contributed by atoms with E-state index in [2.05, 4.69) is 10.3 Å². The van der Waals surface area contributed by atoms with E-state index in [9.17, 15) is 19.0 Å². The number of aromatic nitrogens is 2. The minimum Gasteiger partial charge on any atom is -0.350 e. The van der Waals surface area contributed by atoms with Gasteiger partial charge in [-0.3, -0.25) is 14.6 Å². The standard InChI is InChI=1S/C23H20ClFN3O4P/c1-14-9-17(25)12-18(10-14)33(31,32-2)22-19-11-16(24)3-4-20(19)27-21(22)23(29)26-13-15-5-7-28(30)8-6-15/h3-12H,13H2,1-2H3,(H2-,26,27,29,30,31)/p+1. The minimum atomic E-state index is -3.90. The summed E-state index contributed by atoms with van der Waals surface area (Å²) in [7, 11) is -2.63. The van der Waals surface area contributed by atoms with Crippen molar-refractivity contribution in [2.75, 3.05) is 7.11 Å². The number of H-pyrrole nitrogens is 1. The van der Waals surface area contributed by atoms with Gasteiger partial charge in [-0.25, -0.2) is 4.39 Å².